The molecule has 10 heteroatoms. The first-order valence-electron chi connectivity index (χ1n) is 13.5. The first-order chi connectivity index (χ1) is 17.9. The molecule has 1 aromatic rings. The molecule has 6 nitrogen and oxygen atoms in total. The fraction of sp³-hybridized carbons (Fsp3) is 0.643. The Morgan fingerprint density at radius 3 is 2.63 bits per heavy atom. The van der Waals surface area contributed by atoms with E-state index in [-0.39, 0.29) is 29.3 Å². The molecule has 3 aliphatic carbocycles. The van der Waals surface area contributed by atoms with E-state index in [4.69, 9.17) is 0 Å². The molecule has 0 saturated heterocycles. The number of nitrogens with one attached hydrogen (secondary N) is 1. The Hall–Kier alpha value is -1.88. The highest BCUT2D eigenvalue weighted by atomic mass is 32.2. The number of hydrogen-bond acceptors (Lipinski definition) is 4. The summed E-state index contributed by atoms with van der Waals surface area (Å²) in [4.78, 5) is 0. The van der Waals surface area contributed by atoms with Gasteiger partial charge in [-0.2, -0.15) is 17.2 Å². The monoisotopic (exact) mass is 557 g/mol. The van der Waals surface area contributed by atoms with E-state index in [1.165, 1.54) is 5.56 Å². The van der Waals surface area contributed by atoms with Gasteiger partial charge in [0.15, 0.2) is 5.83 Å². The zero-order chi connectivity index (χ0) is 27.7. The quantitative estimate of drug-likeness (QED) is 0.151. The first kappa shape index (κ1) is 29.1. The molecule has 0 aliphatic heterocycles. The van der Waals surface area contributed by atoms with Gasteiger partial charge in [-0.1, -0.05) is 38.0 Å². The highest BCUT2D eigenvalue weighted by Gasteiger charge is 2.60. The third-order valence-corrected chi connectivity index (χ3v) is 9.89. The van der Waals surface area contributed by atoms with Crippen LogP contribution in [0.3, 0.4) is 0 Å². The molecule has 1 aromatic carbocycles. The Balaban J connectivity index is 1.49. The summed E-state index contributed by atoms with van der Waals surface area (Å²) >= 11 is 0. The van der Waals surface area contributed by atoms with Gasteiger partial charge < -0.3 is 10.2 Å². The number of anilines is 1. The van der Waals surface area contributed by atoms with Crippen molar-refractivity contribution in [2.24, 2.45) is 16.7 Å². The number of aliphatic hydroxyl groups excluding tert-OH is 2. The van der Waals surface area contributed by atoms with Gasteiger partial charge in [0, 0.05) is 0 Å². The molecule has 0 bridgehead atoms. The number of hydrogen-bond donors (Lipinski definition) is 4. The van der Waals surface area contributed by atoms with Gasteiger partial charge in [-0.25, -0.2) is 4.39 Å². The maximum Gasteiger partial charge on any atom is 0.357 e. The molecular formula is C28H38F3NO5S. The molecule has 3 unspecified atom stereocenters. The van der Waals surface area contributed by atoms with E-state index in [0.717, 1.165) is 56.9 Å². The molecule has 2 saturated carbocycles. The number of unbranched alkanes of at least 4 members (excludes halogenated alkanes) is 3. The lowest BCUT2D eigenvalue weighted by atomic mass is 9.47. The third-order valence-electron chi connectivity index (χ3n) is 9.40. The summed E-state index contributed by atoms with van der Waals surface area (Å²) in [5, 5.41) is 20.4. The van der Waals surface area contributed by atoms with Crippen LogP contribution in [0.5, 0.6) is 0 Å². The van der Waals surface area contributed by atoms with Crippen LogP contribution < -0.4 is 4.72 Å². The summed E-state index contributed by atoms with van der Waals surface area (Å²) < 4.78 is 71.5. The Morgan fingerprint density at radius 1 is 1.16 bits per heavy atom. The van der Waals surface area contributed by atoms with Gasteiger partial charge in [0.2, 0.25) is 0 Å². The van der Waals surface area contributed by atoms with Crippen molar-refractivity contribution in [1.29, 1.82) is 0 Å². The number of aryl methyl sites for hydroxylation is 1. The van der Waals surface area contributed by atoms with Crippen molar-refractivity contribution in [3.63, 3.8) is 0 Å². The number of fused-ring (bicyclic) bond motifs is 5. The predicted octanol–water partition coefficient (Wildman–Crippen LogP) is 6.43. The van der Waals surface area contributed by atoms with Crippen molar-refractivity contribution >= 4 is 16.0 Å². The average Bonchev–Trinajstić information content (AvgIpc) is 3.16. The number of allylic oxidation sites excluding steroid dienone is 2. The van der Waals surface area contributed by atoms with Gasteiger partial charge in [-0.3, -0.25) is 9.27 Å². The lowest BCUT2D eigenvalue weighted by Gasteiger charge is -2.57. The molecule has 4 rings (SSSR count). The maximum atomic E-state index is 13.1. The second-order valence-electron chi connectivity index (χ2n) is 11.5. The van der Waals surface area contributed by atoms with Crippen molar-refractivity contribution in [2.75, 3.05) is 4.72 Å². The van der Waals surface area contributed by atoms with Gasteiger partial charge in [0.05, 0.1) is 11.8 Å². The lowest BCUT2D eigenvalue weighted by Crippen LogP contribution is -2.50. The minimum atomic E-state index is -4.36. The molecule has 212 valence electrons. The number of benzene rings is 1. The van der Waals surface area contributed by atoms with E-state index in [9.17, 15) is 36.4 Å². The van der Waals surface area contributed by atoms with Crippen LogP contribution in [0.25, 0.3) is 0 Å². The van der Waals surface area contributed by atoms with Crippen molar-refractivity contribution in [2.45, 2.75) is 95.7 Å². The van der Waals surface area contributed by atoms with Gasteiger partial charge in [0.25, 0.3) is 0 Å². The zero-order valence-corrected chi connectivity index (χ0v) is 22.5. The largest absolute Gasteiger partial charge is 0.393 e. The normalized spacial score (nSPS) is 31.4. The Morgan fingerprint density at radius 2 is 1.92 bits per heavy atom. The summed E-state index contributed by atoms with van der Waals surface area (Å²) in [5.74, 6) is -1.21. The fourth-order valence-electron chi connectivity index (χ4n) is 7.57. The van der Waals surface area contributed by atoms with E-state index in [2.05, 4.69) is 23.8 Å². The molecule has 0 aromatic heterocycles. The van der Waals surface area contributed by atoms with Crippen LogP contribution in [-0.2, 0) is 16.7 Å². The van der Waals surface area contributed by atoms with Crippen LogP contribution in [0.2, 0.25) is 0 Å². The molecule has 6 atom stereocenters. The molecule has 3 aliphatic rings. The minimum Gasteiger partial charge on any atom is -0.393 e. The second kappa shape index (κ2) is 11.3. The van der Waals surface area contributed by atoms with Crippen LogP contribution in [0, 0.1) is 16.7 Å². The van der Waals surface area contributed by atoms with Gasteiger partial charge in [0.1, 0.15) is 6.10 Å². The zero-order valence-electron chi connectivity index (χ0n) is 21.7. The standard InChI is InChI=1S/C28H38F3NO5S/c1-27-15-13-21-20-9-8-19(32-38(35,36)37)17-18(20)12-16-28(21,23(27)10-11-24(27)34)14-6-4-2-3-5-7-22(33)25(29)26(30)31/h6,8-9,14,17,21-24,32-34H,2-5,7,10-13,15-16H2,1H3,(H,35,36,37)/t21?,22-,23?,24+,27+,28?/m1/s1. The first-order valence-corrected chi connectivity index (χ1v) is 14.9. The van der Waals surface area contributed by atoms with Crippen molar-refractivity contribution in [1.82, 2.24) is 0 Å². The lowest BCUT2D eigenvalue weighted by molar-refractivity contribution is -0.0530. The Kier molecular flexibility index (Phi) is 8.67. The third kappa shape index (κ3) is 5.83. The van der Waals surface area contributed by atoms with Gasteiger partial charge in [-0.15, -0.1) is 0 Å². The van der Waals surface area contributed by atoms with Crippen molar-refractivity contribution in [3.05, 3.63) is 53.4 Å². The van der Waals surface area contributed by atoms with Crippen molar-refractivity contribution in [3.8, 4) is 0 Å². The summed E-state index contributed by atoms with van der Waals surface area (Å²) in [6.45, 7) is 2.20. The smallest absolute Gasteiger partial charge is 0.357 e. The molecule has 38 heavy (non-hydrogen) atoms. The second-order valence-corrected chi connectivity index (χ2v) is 12.7. The number of halogens is 3. The van der Waals surface area contributed by atoms with E-state index in [1.807, 2.05) is 6.07 Å². The van der Waals surface area contributed by atoms with Crippen LogP contribution in [0.1, 0.15) is 88.2 Å². The number of rotatable bonds is 10. The van der Waals surface area contributed by atoms with E-state index in [0.29, 0.717) is 24.4 Å². The molecule has 0 amide bonds. The predicted molar refractivity (Wildman–Crippen MR) is 140 cm³/mol. The highest BCUT2D eigenvalue weighted by Crippen LogP contribution is 2.67. The Labute approximate surface area is 222 Å². The average molecular weight is 558 g/mol. The minimum absolute atomic E-state index is 0.0393. The fourth-order valence-corrected chi connectivity index (χ4v) is 8.00. The molecule has 2 fully saturated rings. The Bertz CT molecular complexity index is 1180. The highest BCUT2D eigenvalue weighted by molar-refractivity contribution is 7.87. The maximum absolute atomic E-state index is 13.1. The van der Waals surface area contributed by atoms with E-state index in [1.54, 1.807) is 12.1 Å². The van der Waals surface area contributed by atoms with Crippen LogP contribution >= 0.6 is 0 Å². The molecule has 0 spiro atoms. The SMILES string of the molecule is C[C@]12CCC3c4ccc(NS(=O)(=O)O)cc4CCC3(C=CCCCCC[C@@H](O)C(F)=C(F)F)C1CC[C@@H]2O. The van der Waals surface area contributed by atoms with Gasteiger partial charge >= 0.3 is 16.4 Å². The van der Waals surface area contributed by atoms with Crippen molar-refractivity contribution < 1.29 is 36.4 Å². The van der Waals surface area contributed by atoms with Crippen LogP contribution in [0.4, 0.5) is 18.9 Å². The summed E-state index contributed by atoms with van der Waals surface area (Å²) in [6.07, 6.45) is 7.79. The number of aliphatic hydroxyl groups is 2. The topological polar surface area (TPSA) is 107 Å². The van der Waals surface area contributed by atoms with Crippen LogP contribution in [0.15, 0.2) is 42.3 Å². The molecular weight excluding hydrogens is 519 g/mol. The molecule has 0 radical (unpaired) electrons. The summed E-state index contributed by atoms with van der Waals surface area (Å²) in [7, 11) is -4.36. The van der Waals surface area contributed by atoms with E-state index >= 15 is 0 Å². The van der Waals surface area contributed by atoms with E-state index < -0.39 is 28.3 Å². The molecule has 0 heterocycles. The summed E-state index contributed by atoms with van der Waals surface area (Å²) in [6, 6.07) is 5.45. The van der Waals surface area contributed by atoms with Crippen LogP contribution in [-0.4, -0.2) is 35.4 Å². The molecule has 4 N–H and O–H groups in total. The summed E-state index contributed by atoms with van der Waals surface area (Å²) in [5.41, 5.74) is 2.29. The van der Waals surface area contributed by atoms with Gasteiger partial charge in [-0.05, 0) is 104 Å².